The molecule has 5 heteroatoms. The summed E-state index contributed by atoms with van der Waals surface area (Å²) in [5.41, 5.74) is 1.71. The number of hydrogen-bond donors (Lipinski definition) is 3. The fourth-order valence-corrected chi connectivity index (χ4v) is 1.60. The van der Waals surface area contributed by atoms with Crippen LogP contribution >= 0.6 is 0 Å². The van der Waals surface area contributed by atoms with Crippen molar-refractivity contribution in [3.05, 3.63) is 36.2 Å². The molecule has 2 rings (SSSR count). The second-order valence-electron chi connectivity index (χ2n) is 3.81. The van der Waals surface area contributed by atoms with Gasteiger partial charge in [-0.1, -0.05) is 12.1 Å². The molecule has 90 valence electrons. The molecule has 0 fully saturated rings. The maximum absolute atomic E-state index is 9.82. The molecule has 0 spiro atoms. The number of nitrogens with zero attached hydrogens (tertiary/aromatic N) is 2. The SMILES string of the molecule is OCCC(O)C(O)c1cnc2ccccc2n1. The Morgan fingerprint density at radius 1 is 1.12 bits per heavy atom. The van der Waals surface area contributed by atoms with E-state index in [2.05, 4.69) is 9.97 Å². The molecule has 3 N–H and O–H groups in total. The van der Waals surface area contributed by atoms with Crippen LogP contribution < -0.4 is 0 Å². The first kappa shape index (κ1) is 11.9. The van der Waals surface area contributed by atoms with Gasteiger partial charge in [-0.2, -0.15) is 0 Å². The van der Waals surface area contributed by atoms with Crippen LogP contribution in [0.25, 0.3) is 11.0 Å². The van der Waals surface area contributed by atoms with Crippen molar-refractivity contribution in [1.82, 2.24) is 9.97 Å². The average Bonchev–Trinajstić information content (AvgIpc) is 2.37. The van der Waals surface area contributed by atoms with Crippen LogP contribution in [0.1, 0.15) is 18.2 Å². The van der Waals surface area contributed by atoms with Crippen LogP contribution in [-0.4, -0.2) is 38.0 Å². The maximum atomic E-state index is 9.82. The Morgan fingerprint density at radius 2 is 1.82 bits per heavy atom. The number of hydrogen-bond acceptors (Lipinski definition) is 5. The van der Waals surface area contributed by atoms with Crippen molar-refractivity contribution < 1.29 is 15.3 Å². The average molecular weight is 234 g/mol. The van der Waals surface area contributed by atoms with Gasteiger partial charge in [-0.15, -0.1) is 0 Å². The van der Waals surface area contributed by atoms with E-state index in [4.69, 9.17) is 5.11 Å². The summed E-state index contributed by atoms with van der Waals surface area (Å²) in [7, 11) is 0. The van der Waals surface area contributed by atoms with Crippen molar-refractivity contribution in [2.45, 2.75) is 18.6 Å². The lowest BCUT2D eigenvalue weighted by atomic mass is 10.1. The van der Waals surface area contributed by atoms with Gasteiger partial charge in [0.25, 0.3) is 0 Å². The van der Waals surface area contributed by atoms with Gasteiger partial charge in [0.05, 0.1) is 29.0 Å². The van der Waals surface area contributed by atoms with Crippen LogP contribution in [0.3, 0.4) is 0 Å². The lowest BCUT2D eigenvalue weighted by Gasteiger charge is -2.16. The van der Waals surface area contributed by atoms with E-state index in [0.29, 0.717) is 11.2 Å². The summed E-state index contributed by atoms with van der Waals surface area (Å²) in [5.74, 6) is 0. The number of aromatic nitrogens is 2. The fourth-order valence-electron chi connectivity index (χ4n) is 1.60. The van der Waals surface area contributed by atoms with Crippen molar-refractivity contribution in [1.29, 1.82) is 0 Å². The molecule has 0 saturated heterocycles. The molecular weight excluding hydrogens is 220 g/mol. The van der Waals surface area contributed by atoms with Crippen molar-refractivity contribution in [3.63, 3.8) is 0 Å². The Morgan fingerprint density at radius 3 is 2.53 bits per heavy atom. The summed E-state index contributed by atoms with van der Waals surface area (Å²) < 4.78 is 0. The second kappa shape index (κ2) is 5.18. The van der Waals surface area contributed by atoms with Crippen molar-refractivity contribution in [3.8, 4) is 0 Å². The zero-order chi connectivity index (χ0) is 12.3. The minimum atomic E-state index is -1.13. The summed E-state index contributed by atoms with van der Waals surface area (Å²) in [6, 6.07) is 7.30. The van der Waals surface area contributed by atoms with Crippen molar-refractivity contribution in [2.75, 3.05) is 6.61 Å². The molecule has 0 bridgehead atoms. The number of aliphatic hydroxyl groups excluding tert-OH is 3. The van der Waals surface area contributed by atoms with E-state index in [1.54, 1.807) is 6.07 Å². The Kier molecular flexibility index (Phi) is 3.63. The minimum Gasteiger partial charge on any atom is -0.396 e. The molecule has 0 aliphatic heterocycles. The maximum Gasteiger partial charge on any atom is 0.123 e. The predicted molar refractivity (Wildman–Crippen MR) is 62.2 cm³/mol. The first-order chi connectivity index (χ1) is 8.22. The number of para-hydroxylation sites is 2. The van der Waals surface area contributed by atoms with E-state index in [0.717, 1.165) is 5.52 Å². The third-order valence-corrected chi connectivity index (χ3v) is 2.56. The third-order valence-electron chi connectivity index (χ3n) is 2.56. The van der Waals surface area contributed by atoms with E-state index >= 15 is 0 Å². The molecule has 2 atom stereocenters. The Labute approximate surface area is 98.4 Å². The molecule has 5 nitrogen and oxygen atoms in total. The summed E-state index contributed by atoms with van der Waals surface area (Å²) in [6.45, 7) is -0.181. The van der Waals surface area contributed by atoms with Crippen LogP contribution in [0.4, 0.5) is 0 Å². The van der Waals surface area contributed by atoms with Gasteiger partial charge in [0.2, 0.25) is 0 Å². The summed E-state index contributed by atoms with van der Waals surface area (Å²) >= 11 is 0. The van der Waals surface area contributed by atoms with E-state index in [-0.39, 0.29) is 13.0 Å². The molecule has 0 saturated carbocycles. The highest BCUT2D eigenvalue weighted by molar-refractivity contribution is 5.73. The minimum absolute atomic E-state index is 0.107. The zero-order valence-corrected chi connectivity index (χ0v) is 9.19. The Balaban J connectivity index is 2.29. The lowest BCUT2D eigenvalue weighted by molar-refractivity contribution is 0.00190. The molecule has 0 aliphatic rings. The smallest absolute Gasteiger partial charge is 0.123 e. The molecule has 1 heterocycles. The van der Waals surface area contributed by atoms with E-state index in [1.165, 1.54) is 6.20 Å². The van der Waals surface area contributed by atoms with Crippen molar-refractivity contribution in [2.24, 2.45) is 0 Å². The van der Waals surface area contributed by atoms with Gasteiger partial charge >= 0.3 is 0 Å². The Bertz CT molecular complexity index is 504. The van der Waals surface area contributed by atoms with Gasteiger partial charge in [-0.3, -0.25) is 4.98 Å². The standard InChI is InChI=1S/C12H14N2O3/c15-6-5-11(16)12(17)10-7-13-8-3-1-2-4-9(8)14-10/h1-4,7,11-12,15-17H,5-6H2. The lowest BCUT2D eigenvalue weighted by Crippen LogP contribution is -2.20. The van der Waals surface area contributed by atoms with Gasteiger partial charge in [0.1, 0.15) is 6.10 Å². The van der Waals surface area contributed by atoms with Gasteiger partial charge in [0.15, 0.2) is 0 Å². The van der Waals surface area contributed by atoms with Crippen LogP contribution in [0.5, 0.6) is 0 Å². The van der Waals surface area contributed by atoms with E-state index in [1.807, 2.05) is 18.2 Å². The van der Waals surface area contributed by atoms with Crippen LogP contribution in [0.15, 0.2) is 30.5 Å². The van der Waals surface area contributed by atoms with Crippen LogP contribution in [0.2, 0.25) is 0 Å². The summed E-state index contributed by atoms with van der Waals surface area (Å²) in [4.78, 5) is 8.37. The van der Waals surface area contributed by atoms with Gasteiger partial charge in [-0.25, -0.2) is 4.98 Å². The molecular formula is C12H14N2O3. The highest BCUT2D eigenvalue weighted by Gasteiger charge is 2.19. The predicted octanol–water partition coefficient (Wildman–Crippen LogP) is 0.406. The molecule has 1 aromatic carbocycles. The number of benzene rings is 1. The molecule has 2 unspecified atom stereocenters. The number of fused-ring (bicyclic) bond motifs is 1. The van der Waals surface area contributed by atoms with Gasteiger partial charge in [-0.05, 0) is 18.6 Å². The van der Waals surface area contributed by atoms with Gasteiger partial charge in [0, 0.05) is 6.61 Å². The van der Waals surface area contributed by atoms with E-state index < -0.39 is 12.2 Å². The number of rotatable bonds is 4. The largest absolute Gasteiger partial charge is 0.396 e. The highest BCUT2D eigenvalue weighted by Crippen LogP contribution is 2.18. The number of aliphatic hydroxyl groups is 3. The molecule has 1 aromatic heterocycles. The first-order valence-corrected chi connectivity index (χ1v) is 5.41. The molecule has 0 amide bonds. The molecule has 0 aliphatic carbocycles. The fraction of sp³-hybridized carbons (Fsp3) is 0.333. The molecule has 17 heavy (non-hydrogen) atoms. The van der Waals surface area contributed by atoms with Gasteiger partial charge < -0.3 is 15.3 Å². The third kappa shape index (κ3) is 2.58. The first-order valence-electron chi connectivity index (χ1n) is 5.41. The summed E-state index contributed by atoms with van der Waals surface area (Å²) in [5, 5.41) is 28.1. The van der Waals surface area contributed by atoms with E-state index in [9.17, 15) is 10.2 Å². The van der Waals surface area contributed by atoms with Crippen molar-refractivity contribution >= 4 is 11.0 Å². The zero-order valence-electron chi connectivity index (χ0n) is 9.19. The van der Waals surface area contributed by atoms with Crippen LogP contribution in [-0.2, 0) is 0 Å². The molecule has 0 radical (unpaired) electrons. The Hall–Kier alpha value is -1.56. The molecule has 2 aromatic rings. The normalized spacial score (nSPS) is 14.8. The highest BCUT2D eigenvalue weighted by atomic mass is 16.3. The summed E-state index contributed by atoms with van der Waals surface area (Å²) in [6.07, 6.45) is -0.613. The quantitative estimate of drug-likeness (QED) is 0.713. The van der Waals surface area contributed by atoms with Crippen LogP contribution in [0, 0.1) is 0 Å². The monoisotopic (exact) mass is 234 g/mol. The topological polar surface area (TPSA) is 86.5 Å². The second-order valence-corrected chi connectivity index (χ2v) is 3.81.